The van der Waals surface area contributed by atoms with Crippen molar-refractivity contribution in [2.45, 2.75) is 5.92 Å². The summed E-state index contributed by atoms with van der Waals surface area (Å²) in [6.45, 7) is 0.158. The molecule has 1 aromatic carbocycles. The van der Waals surface area contributed by atoms with Crippen molar-refractivity contribution in [1.29, 1.82) is 0 Å². The SMILES string of the molecule is CSCC(CO)c1ccc(O)cc1. The summed E-state index contributed by atoms with van der Waals surface area (Å²) in [5.41, 5.74) is 1.08. The van der Waals surface area contributed by atoms with Crippen LogP contribution in [0.25, 0.3) is 0 Å². The van der Waals surface area contributed by atoms with Crippen molar-refractivity contribution in [2.24, 2.45) is 0 Å². The van der Waals surface area contributed by atoms with Crippen molar-refractivity contribution in [3.05, 3.63) is 29.8 Å². The fourth-order valence-electron chi connectivity index (χ4n) is 1.20. The van der Waals surface area contributed by atoms with Crippen molar-refractivity contribution in [3.8, 4) is 5.75 Å². The minimum atomic E-state index is 0.158. The summed E-state index contributed by atoms with van der Waals surface area (Å²) >= 11 is 1.71. The van der Waals surface area contributed by atoms with Gasteiger partial charge in [-0.3, -0.25) is 0 Å². The summed E-state index contributed by atoms with van der Waals surface area (Å²) in [5, 5.41) is 18.2. The first-order chi connectivity index (χ1) is 6.27. The van der Waals surface area contributed by atoms with Crippen LogP contribution in [-0.2, 0) is 0 Å². The van der Waals surface area contributed by atoms with Crippen molar-refractivity contribution in [3.63, 3.8) is 0 Å². The van der Waals surface area contributed by atoms with Crippen LogP contribution in [0.15, 0.2) is 24.3 Å². The molecule has 0 fully saturated rings. The number of phenolic OH excluding ortho intramolecular Hbond substituents is 1. The number of aromatic hydroxyl groups is 1. The van der Waals surface area contributed by atoms with E-state index in [1.165, 1.54) is 0 Å². The predicted octanol–water partition coefficient (Wildman–Crippen LogP) is 1.83. The number of aliphatic hydroxyl groups is 1. The summed E-state index contributed by atoms with van der Waals surface area (Å²) in [4.78, 5) is 0. The molecule has 0 heterocycles. The quantitative estimate of drug-likeness (QED) is 0.775. The van der Waals surface area contributed by atoms with Crippen LogP contribution in [0.1, 0.15) is 11.5 Å². The number of benzene rings is 1. The molecule has 0 spiro atoms. The Morgan fingerprint density at radius 1 is 1.31 bits per heavy atom. The van der Waals surface area contributed by atoms with Gasteiger partial charge in [-0.25, -0.2) is 0 Å². The van der Waals surface area contributed by atoms with E-state index in [1.54, 1.807) is 23.9 Å². The molecule has 0 amide bonds. The smallest absolute Gasteiger partial charge is 0.115 e. The first-order valence-electron chi connectivity index (χ1n) is 4.16. The lowest BCUT2D eigenvalue weighted by Crippen LogP contribution is -2.06. The van der Waals surface area contributed by atoms with Gasteiger partial charge in [0.2, 0.25) is 0 Å². The standard InChI is InChI=1S/C10H14O2S/c1-13-7-9(6-11)8-2-4-10(12)5-3-8/h2-5,9,11-12H,6-7H2,1H3. The minimum absolute atomic E-state index is 0.158. The van der Waals surface area contributed by atoms with Gasteiger partial charge in [0.05, 0.1) is 6.61 Å². The summed E-state index contributed by atoms with van der Waals surface area (Å²) in [5.74, 6) is 1.35. The lowest BCUT2D eigenvalue weighted by Gasteiger charge is -2.12. The molecular formula is C10H14O2S. The van der Waals surface area contributed by atoms with E-state index in [0.29, 0.717) is 0 Å². The Labute approximate surface area is 82.6 Å². The highest BCUT2D eigenvalue weighted by Crippen LogP contribution is 2.21. The molecule has 0 aliphatic heterocycles. The molecule has 1 aromatic rings. The molecule has 3 heteroatoms. The topological polar surface area (TPSA) is 40.5 Å². The molecule has 0 radical (unpaired) electrons. The zero-order valence-electron chi connectivity index (χ0n) is 7.60. The predicted molar refractivity (Wildman–Crippen MR) is 56.3 cm³/mol. The molecule has 0 aliphatic rings. The third-order valence-electron chi connectivity index (χ3n) is 1.95. The fraction of sp³-hybridized carbons (Fsp3) is 0.400. The maximum atomic E-state index is 9.10. The van der Waals surface area contributed by atoms with E-state index >= 15 is 0 Å². The summed E-state index contributed by atoms with van der Waals surface area (Å²) < 4.78 is 0. The second kappa shape index (κ2) is 5.14. The van der Waals surface area contributed by atoms with Gasteiger partial charge in [-0.05, 0) is 24.0 Å². The van der Waals surface area contributed by atoms with Gasteiger partial charge in [-0.2, -0.15) is 11.8 Å². The van der Waals surface area contributed by atoms with Gasteiger partial charge in [0.25, 0.3) is 0 Å². The molecular weight excluding hydrogens is 184 g/mol. The van der Waals surface area contributed by atoms with Gasteiger partial charge in [0.15, 0.2) is 0 Å². The van der Waals surface area contributed by atoms with E-state index in [4.69, 9.17) is 10.2 Å². The van der Waals surface area contributed by atoms with Gasteiger partial charge < -0.3 is 10.2 Å². The van der Waals surface area contributed by atoms with Crippen LogP contribution < -0.4 is 0 Å². The number of hydrogen-bond donors (Lipinski definition) is 2. The van der Waals surface area contributed by atoms with E-state index < -0.39 is 0 Å². The molecule has 1 unspecified atom stereocenters. The molecule has 72 valence electrons. The molecule has 0 bridgehead atoms. The van der Waals surface area contributed by atoms with Gasteiger partial charge in [0.1, 0.15) is 5.75 Å². The van der Waals surface area contributed by atoms with Crippen LogP contribution in [-0.4, -0.2) is 28.8 Å². The third-order valence-corrected chi connectivity index (χ3v) is 2.69. The molecule has 0 aromatic heterocycles. The number of thioether (sulfide) groups is 1. The number of rotatable bonds is 4. The van der Waals surface area contributed by atoms with Crippen LogP contribution in [0, 0.1) is 0 Å². The largest absolute Gasteiger partial charge is 0.508 e. The molecule has 1 rings (SSSR count). The highest BCUT2D eigenvalue weighted by Gasteiger charge is 2.08. The molecule has 1 atom stereocenters. The van der Waals surface area contributed by atoms with Gasteiger partial charge in [-0.1, -0.05) is 12.1 Å². The van der Waals surface area contributed by atoms with E-state index in [9.17, 15) is 0 Å². The van der Waals surface area contributed by atoms with E-state index in [1.807, 2.05) is 18.4 Å². The first-order valence-corrected chi connectivity index (χ1v) is 5.56. The van der Waals surface area contributed by atoms with Crippen molar-refractivity contribution < 1.29 is 10.2 Å². The lowest BCUT2D eigenvalue weighted by atomic mass is 10.0. The van der Waals surface area contributed by atoms with E-state index in [0.717, 1.165) is 11.3 Å². The monoisotopic (exact) mass is 198 g/mol. The third kappa shape index (κ3) is 2.94. The van der Waals surface area contributed by atoms with Gasteiger partial charge >= 0.3 is 0 Å². The summed E-state index contributed by atoms with van der Waals surface area (Å²) in [6, 6.07) is 7.01. The normalized spacial score (nSPS) is 12.8. The summed E-state index contributed by atoms with van der Waals surface area (Å²) in [6.07, 6.45) is 2.02. The Kier molecular flexibility index (Phi) is 4.12. The van der Waals surface area contributed by atoms with Crippen molar-refractivity contribution in [2.75, 3.05) is 18.6 Å². The van der Waals surface area contributed by atoms with Crippen LogP contribution in [0.2, 0.25) is 0 Å². The zero-order chi connectivity index (χ0) is 9.68. The average molecular weight is 198 g/mol. The average Bonchev–Trinajstić information content (AvgIpc) is 2.16. The van der Waals surface area contributed by atoms with E-state index in [-0.39, 0.29) is 18.3 Å². The number of aliphatic hydroxyl groups excluding tert-OH is 1. The maximum absolute atomic E-state index is 9.10. The second-order valence-corrected chi connectivity index (χ2v) is 3.84. The van der Waals surface area contributed by atoms with E-state index in [2.05, 4.69) is 0 Å². The Morgan fingerprint density at radius 2 is 1.92 bits per heavy atom. The second-order valence-electron chi connectivity index (χ2n) is 2.93. The van der Waals surface area contributed by atoms with Crippen LogP contribution in [0.5, 0.6) is 5.75 Å². The Morgan fingerprint density at radius 3 is 2.38 bits per heavy atom. The molecule has 2 nitrogen and oxygen atoms in total. The molecule has 13 heavy (non-hydrogen) atoms. The molecule has 0 saturated carbocycles. The Balaban J connectivity index is 2.73. The van der Waals surface area contributed by atoms with Crippen molar-refractivity contribution >= 4 is 11.8 Å². The molecule has 0 aliphatic carbocycles. The molecule has 0 saturated heterocycles. The zero-order valence-corrected chi connectivity index (χ0v) is 8.42. The van der Waals surface area contributed by atoms with Crippen molar-refractivity contribution in [1.82, 2.24) is 0 Å². The van der Waals surface area contributed by atoms with Crippen LogP contribution in [0.3, 0.4) is 0 Å². The maximum Gasteiger partial charge on any atom is 0.115 e. The minimum Gasteiger partial charge on any atom is -0.508 e. The lowest BCUT2D eigenvalue weighted by molar-refractivity contribution is 0.275. The first kappa shape index (κ1) is 10.4. The summed E-state index contributed by atoms with van der Waals surface area (Å²) in [7, 11) is 0. The van der Waals surface area contributed by atoms with Gasteiger partial charge in [0, 0.05) is 11.7 Å². The highest BCUT2D eigenvalue weighted by atomic mass is 32.2. The van der Waals surface area contributed by atoms with Crippen LogP contribution in [0.4, 0.5) is 0 Å². The molecule has 2 N–H and O–H groups in total. The number of hydrogen-bond acceptors (Lipinski definition) is 3. The fourth-order valence-corrected chi connectivity index (χ4v) is 1.90. The van der Waals surface area contributed by atoms with Crippen LogP contribution >= 0.6 is 11.8 Å². The van der Waals surface area contributed by atoms with Gasteiger partial charge in [-0.15, -0.1) is 0 Å². The number of phenols is 1. The Bertz CT molecular complexity index is 246. The highest BCUT2D eigenvalue weighted by molar-refractivity contribution is 7.98. The Hall–Kier alpha value is -0.670.